The van der Waals surface area contributed by atoms with Crippen molar-refractivity contribution in [1.82, 2.24) is 0 Å². The average molecular weight is 387 g/mol. The minimum Gasteiger partial charge on any atom is -0.483 e. The number of allylic oxidation sites excluding steroid dienone is 2. The first-order valence-corrected chi connectivity index (χ1v) is 10.3. The van der Waals surface area contributed by atoms with E-state index in [9.17, 15) is 9.59 Å². The minimum absolute atomic E-state index is 0.214. The standard InChI is InChI=1S/C24H34O4/c1-4-5-6-7-8-9-10-14-17-24(26)28-21(3)20(2)27-23(19-25)18-22-15-12-11-13-16-22/h4,11-13,15-16,18-21H,1,5-10,14,17H2,2-3H3. The van der Waals surface area contributed by atoms with E-state index in [-0.39, 0.29) is 11.7 Å². The molecule has 0 saturated carbocycles. The van der Waals surface area contributed by atoms with Gasteiger partial charge in [0, 0.05) is 6.42 Å². The van der Waals surface area contributed by atoms with Crippen LogP contribution in [0.4, 0.5) is 0 Å². The molecule has 2 atom stereocenters. The maximum Gasteiger partial charge on any atom is 0.306 e. The Morgan fingerprint density at radius 2 is 1.57 bits per heavy atom. The number of aldehydes is 1. The summed E-state index contributed by atoms with van der Waals surface area (Å²) in [5.41, 5.74) is 0.881. The number of carbonyl (C=O) groups excluding carboxylic acids is 2. The van der Waals surface area contributed by atoms with Crippen LogP contribution in [0.1, 0.15) is 70.8 Å². The third-order valence-corrected chi connectivity index (χ3v) is 4.56. The number of esters is 1. The van der Waals surface area contributed by atoms with Crippen molar-refractivity contribution in [2.24, 2.45) is 0 Å². The van der Waals surface area contributed by atoms with Crippen LogP contribution < -0.4 is 0 Å². The smallest absolute Gasteiger partial charge is 0.306 e. The van der Waals surface area contributed by atoms with Crippen molar-refractivity contribution in [3.05, 3.63) is 54.3 Å². The second kappa shape index (κ2) is 14.7. The second-order valence-corrected chi connectivity index (χ2v) is 7.04. The molecule has 1 aromatic rings. The lowest BCUT2D eigenvalue weighted by Crippen LogP contribution is -2.28. The van der Waals surface area contributed by atoms with Gasteiger partial charge in [0.15, 0.2) is 12.0 Å². The van der Waals surface area contributed by atoms with Crippen LogP contribution in [-0.4, -0.2) is 24.5 Å². The molecule has 0 spiro atoms. The first-order chi connectivity index (χ1) is 13.6. The number of unbranched alkanes of at least 4 members (excludes halogenated alkanes) is 6. The molecule has 0 aliphatic carbocycles. The molecule has 0 N–H and O–H groups in total. The zero-order valence-electron chi connectivity index (χ0n) is 17.3. The number of benzene rings is 1. The van der Waals surface area contributed by atoms with Gasteiger partial charge in [0.05, 0.1) is 0 Å². The van der Waals surface area contributed by atoms with E-state index >= 15 is 0 Å². The molecule has 4 heteroatoms. The van der Waals surface area contributed by atoms with Crippen LogP contribution in [0.2, 0.25) is 0 Å². The molecule has 0 fully saturated rings. The van der Waals surface area contributed by atoms with E-state index in [1.165, 1.54) is 19.3 Å². The van der Waals surface area contributed by atoms with Crippen molar-refractivity contribution in [2.75, 3.05) is 0 Å². The first kappa shape index (κ1) is 23.7. The summed E-state index contributed by atoms with van der Waals surface area (Å²) in [6, 6.07) is 9.47. The Bertz CT molecular complexity index is 606. The number of hydrogen-bond acceptors (Lipinski definition) is 4. The number of carbonyl (C=O) groups is 2. The predicted molar refractivity (Wildman–Crippen MR) is 114 cm³/mol. The zero-order valence-corrected chi connectivity index (χ0v) is 17.3. The summed E-state index contributed by atoms with van der Waals surface area (Å²) in [4.78, 5) is 23.3. The van der Waals surface area contributed by atoms with E-state index in [4.69, 9.17) is 9.47 Å². The van der Waals surface area contributed by atoms with E-state index in [0.717, 1.165) is 31.2 Å². The van der Waals surface area contributed by atoms with E-state index in [1.54, 1.807) is 19.9 Å². The zero-order chi connectivity index (χ0) is 20.6. The van der Waals surface area contributed by atoms with Crippen molar-refractivity contribution in [2.45, 2.75) is 77.4 Å². The number of ether oxygens (including phenoxy) is 2. The quantitative estimate of drug-likeness (QED) is 0.0944. The highest BCUT2D eigenvalue weighted by Gasteiger charge is 2.19. The van der Waals surface area contributed by atoms with Gasteiger partial charge in [0.1, 0.15) is 12.2 Å². The van der Waals surface area contributed by atoms with Gasteiger partial charge in [0.25, 0.3) is 0 Å². The summed E-state index contributed by atoms with van der Waals surface area (Å²) in [5, 5.41) is 0. The lowest BCUT2D eigenvalue weighted by molar-refractivity contribution is -0.153. The number of rotatable bonds is 15. The van der Waals surface area contributed by atoms with E-state index in [0.29, 0.717) is 12.7 Å². The van der Waals surface area contributed by atoms with Crippen LogP contribution in [0.15, 0.2) is 48.7 Å². The Morgan fingerprint density at radius 3 is 2.21 bits per heavy atom. The third kappa shape index (κ3) is 10.7. The average Bonchev–Trinajstić information content (AvgIpc) is 2.70. The Labute approximate surface area is 169 Å². The first-order valence-electron chi connectivity index (χ1n) is 10.3. The van der Waals surface area contributed by atoms with Gasteiger partial charge in [-0.1, -0.05) is 62.1 Å². The minimum atomic E-state index is -0.425. The SMILES string of the molecule is C=CCCCCCCCCC(=O)OC(C)C(C)OC(C=O)=Cc1ccccc1. The molecule has 154 valence electrons. The fourth-order valence-electron chi connectivity index (χ4n) is 2.75. The lowest BCUT2D eigenvalue weighted by Gasteiger charge is -2.21. The Balaban J connectivity index is 2.28. The van der Waals surface area contributed by atoms with E-state index in [2.05, 4.69) is 6.58 Å². The van der Waals surface area contributed by atoms with Crippen molar-refractivity contribution in [1.29, 1.82) is 0 Å². The van der Waals surface area contributed by atoms with Gasteiger partial charge in [0.2, 0.25) is 0 Å². The fraction of sp³-hybridized carbons (Fsp3) is 0.500. The molecular formula is C24H34O4. The lowest BCUT2D eigenvalue weighted by atomic mass is 10.1. The highest BCUT2D eigenvalue weighted by molar-refractivity contribution is 5.79. The van der Waals surface area contributed by atoms with Crippen LogP contribution in [0.3, 0.4) is 0 Å². The molecule has 4 nitrogen and oxygen atoms in total. The van der Waals surface area contributed by atoms with E-state index in [1.807, 2.05) is 36.4 Å². The molecule has 0 saturated heterocycles. The van der Waals surface area contributed by atoms with Crippen molar-refractivity contribution in [3.63, 3.8) is 0 Å². The predicted octanol–water partition coefficient (Wildman–Crippen LogP) is 5.87. The fourth-order valence-corrected chi connectivity index (χ4v) is 2.75. The summed E-state index contributed by atoms with van der Waals surface area (Å²) >= 11 is 0. The largest absolute Gasteiger partial charge is 0.483 e. The van der Waals surface area contributed by atoms with Crippen LogP contribution in [0.5, 0.6) is 0 Å². The highest BCUT2D eigenvalue weighted by atomic mass is 16.6. The summed E-state index contributed by atoms with van der Waals surface area (Å²) in [5.74, 6) is 0.00681. The van der Waals surface area contributed by atoms with Crippen LogP contribution >= 0.6 is 0 Å². The van der Waals surface area contributed by atoms with Crippen LogP contribution in [0, 0.1) is 0 Å². The molecule has 0 aromatic heterocycles. The molecule has 0 bridgehead atoms. The van der Waals surface area contributed by atoms with E-state index < -0.39 is 12.2 Å². The molecule has 28 heavy (non-hydrogen) atoms. The molecule has 0 radical (unpaired) electrons. The maximum atomic E-state index is 12.0. The molecule has 1 rings (SSSR count). The van der Waals surface area contributed by atoms with Crippen molar-refractivity contribution >= 4 is 18.3 Å². The van der Waals surface area contributed by atoms with Crippen LogP contribution in [0.25, 0.3) is 6.08 Å². The third-order valence-electron chi connectivity index (χ3n) is 4.56. The second-order valence-electron chi connectivity index (χ2n) is 7.04. The van der Waals surface area contributed by atoms with Gasteiger partial charge in [-0.15, -0.1) is 6.58 Å². The summed E-state index contributed by atoms with van der Waals surface area (Å²) in [7, 11) is 0. The summed E-state index contributed by atoms with van der Waals surface area (Å²) in [6.07, 6.45) is 11.6. The molecular weight excluding hydrogens is 352 g/mol. The van der Waals surface area contributed by atoms with Gasteiger partial charge >= 0.3 is 5.97 Å². The van der Waals surface area contributed by atoms with Gasteiger partial charge in [-0.05, 0) is 44.7 Å². The Morgan fingerprint density at radius 1 is 0.964 bits per heavy atom. The van der Waals surface area contributed by atoms with Crippen LogP contribution in [-0.2, 0) is 19.1 Å². The van der Waals surface area contributed by atoms with Gasteiger partial charge < -0.3 is 9.47 Å². The Kier molecular flexibility index (Phi) is 12.4. The highest BCUT2D eigenvalue weighted by Crippen LogP contribution is 2.14. The maximum absolute atomic E-state index is 12.0. The molecule has 2 unspecified atom stereocenters. The topological polar surface area (TPSA) is 52.6 Å². The molecule has 0 heterocycles. The summed E-state index contributed by atoms with van der Waals surface area (Å²) < 4.78 is 11.1. The molecule has 0 aliphatic heterocycles. The van der Waals surface area contributed by atoms with Gasteiger partial charge in [-0.25, -0.2) is 0 Å². The monoisotopic (exact) mass is 386 g/mol. The van der Waals surface area contributed by atoms with Gasteiger partial charge in [-0.2, -0.15) is 0 Å². The molecule has 0 amide bonds. The number of hydrogen-bond donors (Lipinski definition) is 0. The summed E-state index contributed by atoms with van der Waals surface area (Å²) in [6.45, 7) is 7.30. The van der Waals surface area contributed by atoms with Crippen molar-refractivity contribution in [3.8, 4) is 0 Å². The normalized spacial score (nSPS) is 13.4. The van der Waals surface area contributed by atoms with Gasteiger partial charge in [-0.3, -0.25) is 9.59 Å². The molecule has 1 aromatic carbocycles. The van der Waals surface area contributed by atoms with Crippen molar-refractivity contribution < 1.29 is 19.1 Å². The Hall–Kier alpha value is -2.36. The molecule has 0 aliphatic rings.